The van der Waals surface area contributed by atoms with E-state index in [1.165, 1.54) is 17.2 Å². The Labute approximate surface area is 346 Å². The van der Waals surface area contributed by atoms with Crippen LogP contribution in [0.4, 0.5) is 5.69 Å². The smallest absolute Gasteiger partial charge is 0.316 e. The van der Waals surface area contributed by atoms with Crippen LogP contribution in [0, 0.1) is 23.2 Å². The number of nitrogens with two attached hydrogens (primary N) is 1. The third-order valence-corrected chi connectivity index (χ3v) is 14.3. The number of primary sulfonamides is 1. The number of carbonyl (C=O) groups excluding carboxylic acids is 2. The number of esters is 1. The number of carboxylic acid groups (broad SMARTS) is 1. The molecule has 0 radical (unpaired) electrons. The van der Waals surface area contributed by atoms with Crippen molar-refractivity contribution in [1.82, 2.24) is 10.0 Å². The first-order valence-corrected chi connectivity index (χ1v) is 23.4. The summed E-state index contributed by atoms with van der Waals surface area (Å²) in [5.74, 6) is -1.21. The number of amides is 1. The van der Waals surface area contributed by atoms with Gasteiger partial charge in [0.2, 0.25) is 26.0 Å². The molecule has 1 aliphatic heterocycles. The van der Waals surface area contributed by atoms with E-state index in [2.05, 4.69) is 15.4 Å². The highest BCUT2D eigenvalue weighted by atomic mass is 35.5. The van der Waals surface area contributed by atoms with E-state index in [-0.39, 0.29) is 52.0 Å². The van der Waals surface area contributed by atoms with Crippen LogP contribution in [0.1, 0.15) is 95.6 Å². The summed E-state index contributed by atoms with van der Waals surface area (Å²) in [6, 6.07) is 8.08. The zero-order valence-corrected chi connectivity index (χ0v) is 35.8. The van der Waals surface area contributed by atoms with Gasteiger partial charge in [0.25, 0.3) is 0 Å². The van der Waals surface area contributed by atoms with Crippen LogP contribution in [0.15, 0.2) is 40.1 Å². The molecule has 3 aliphatic carbocycles. The average Bonchev–Trinajstić information content (AvgIpc) is 3.82. The van der Waals surface area contributed by atoms with E-state index in [4.69, 9.17) is 31.0 Å². The van der Waals surface area contributed by atoms with Gasteiger partial charge in [-0.3, -0.25) is 14.4 Å². The number of hydrogen-bond acceptors (Lipinski definition) is 11. The van der Waals surface area contributed by atoms with E-state index in [9.17, 15) is 36.3 Å². The van der Waals surface area contributed by atoms with E-state index >= 15 is 0 Å². The quantitative estimate of drug-likeness (QED) is 0.0892. The lowest BCUT2D eigenvalue weighted by Crippen LogP contribution is -2.47. The molecule has 1 unspecified atom stereocenters. The van der Waals surface area contributed by atoms with Crippen molar-refractivity contribution in [2.45, 2.75) is 119 Å². The third-order valence-electron chi connectivity index (χ3n) is 11.4. The largest absolute Gasteiger partial charge is 0.481 e. The number of carboxylic acids is 1. The molecule has 18 heteroatoms. The van der Waals surface area contributed by atoms with E-state index in [0.717, 1.165) is 51.0 Å². The Kier molecular flexibility index (Phi) is 15.6. The van der Waals surface area contributed by atoms with Crippen molar-refractivity contribution in [3.8, 4) is 5.75 Å². The lowest BCUT2D eigenvalue weighted by molar-refractivity contribution is -0.144. The van der Waals surface area contributed by atoms with Gasteiger partial charge in [0, 0.05) is 13.2 Å². The van der Waals surface area contributed by atoms with E-state index in [1.807, 2.05) is 32.0 Å². The van der Waals surface area contributed by atoms with E-state index in [0.29, 0.717) is 57.5 Å². The van der Waals surface area contributed by atoms with Gasteiger partial charge in [0.1, 0.15) is 15.5 Å². The molecule has 1 amide bonds. The Balaban J connectivity index is 0.000000258. The number of sulfonamides is 2. The number of aryl methyl sites for hydroxylation is 2. The van der Waals surface area contributed by atoms with Crippen molar-refractivity contribution in [3.63, 3.8) is 0 Å². The first-order valence-electron chi connectivity index (χ1n) is 20.0. The van der Waals surface area contributed by atoms with Crippen LogP contribution in [0.2, 0.25) is 5.02 Å². The predicted octanol–water partition coefficient (Wildman–Crippen LogP) is 5.13. The molecule has 0 bridgehead atoms. The lowest BCUT2D eigenvalue weighted by Gasteiger charge is -2.34. The molecule has 2 aromatic carbocycles. The van der Waals surface area contributed by atoms with Gasteiger partial charge in [-0.15, -0.1) is 0 Å². The molecule has 0 spiro atoms. The summed E-state index contributed by atoms with van der Waals surface area (Å²) in [6.45, 7) is 4.89. The second-order valence-electron chi connectivity index (χ2n) is 16.3. The molecule has 0 aromatic heterocycles. The first kappa shape index (κ1) is 45.8. The number of rotatable bonds is 15. The maximum absolute atomic E-state index is 13.6. The second kappa shape index (κ2) is 19.8. The molecule has 2 saturated carbocycles. The van der Waals surface area contributed by atoms with E-state index in [1.54, 1.807) is 7.11 Å². The highest BCUT2D eigenvalue weighted by Gasteiger charge is 2.45. The monoisotopic (exact) mass is 868 g/mol. The molecule has 2 aromatic rings. The Morgan fingerprint density at radius 1 is 1.02 bits per heavy atom. The molecule has 58 heavy (non-hydrogen) atoms. The summed E-state index contributed by atoms with van der Waals surface area (Å²) >= 11 is 5.88. The number of fused-ring (bicyclic) bond motifs is 2. The molecule has 6 rings (SSSR count). The number of aliphatic carboxylic acids is 1. The molecule has 2 fully saturated rings. The second-order valence-corrected chi connectivity index (χ2v) is 19.9. The number of carbonyl (C=O) groups is 3. The number of nitrogens with one attached hydrogen (secondary N) is 3. The Hall–Kier alpha value is -3.32. The van der Waals surface area contributed by atoms with Gasteiger partial charge in [-0.05, 0) is 112 Å². The van der Waals surface area contributed by atoms with Crippen molar-refractivity contribution in [2.24, 2.45) is 28.3 Å². The van der Waals surface area contributed by atoms with Crippen LogP contribution >= 0.6 is 11.6 Å². The number of ether oxygens (including phenoxy) is 3. The van der Waals surface area contributed by atoms with Crippen molar-refractivity contribution < 1.29 is 50.5 Å². The number of methoxy groups -OCH3 is 1. The topological polar surface area (TPSA) is 230 Å². The van der Waals surface area contributed by atoms with Crippen LogP contribution in [0.25, 0.3) is 0 Å². The van der Waals surface area contributed by atoms with Gasteiger partial charge in [0.15, 0.2) is 0 Å². The van der Waals surface area contributed by atoms with Crippen LogP contribution < -0.4 is 25.2 Å². The molecule has 1 heterocycles. The molecule has 2 atom stereocenters. The van der Waals surface area contributed by atoms with Crippen LogP contribution in [-0.2, 0) is 56.7 Å². The maximum atomic E-state index is 13.6. The molecule has 4 aliphatic rings. The van der Waals surface area contributed by atoms with Crippen LogP contribution in [0.3, 0.4) is 0 Å². The third kappa shape index (κ3) is 11.9. The Bertz CT molecular complexity index is 2020. The van der Waals surface area contributed by atoms with Crippen molar-refractivity contribution in [2.75, 3.05) is 32.2 Å². The number of halogens is 1. The van der Waals surface area contributed by atoms with Gasteiger partial charge >= 0.3 is 11.9 Å². The highest BCUT2D eigenvalue weighted by Crippen LogP contribution is 2.44. The summed E-state index contributed by atoms with van der Waals surface area (Å²) in [7, 11) is -6.33. The number of anilines is 1. The van der Waals surface area contributed by atoms with Crippen molar-refractivity contribution >= 4 is 55.2 Å². The predicted molar refractivity (Wildman–Crippen MR) is 217 cm³/mol. The fourth-order valence-corrected chi connectivity index (χ4v) is 10.9. The summed E-state index contributed by atoms with van der Waals surface area (Å²) in [5, 5.41) is 20.4. The van der Waals surface area contributed by atoms with Gasteiger partial charge < -0.3 is 30.0 Å². The molecular weight excluding hydrogens is 812 g/mol. The van der Waals surface area contributed by atoms with E-state index < -0.39 is 48.4 Å². The zero-order chi connectivity index (χ0) is 42.3. The summed E-state index contributed by atoms with van der Waals surface area (Å²) in [6.07, 6.45) is 9.50. The first-order chi connectivity index (χ1) is 27.4. The molecule has 0 saturated heterocycles. The van der Waals surface area contributed by atoms with Gasteiger partial charge in [-0.2, -0.15) is 4.72 Å². The summed E-state index contributed by atoms with van der Waals surface area (Å²) in [5.41, 5.74) is 2.17. The fourth-order valence-electron chi connectivity index (χ4n) is 8.39. The van der Waals surface area contributed by atoms with Crippen molar-refractivity contribution in [1.29, 1.82) is 0 Å². The normalized spacial score (nSPS) is 22.4. The zero-order valence-electron chi connectivity index (χ0n) is 33.4. The maximum Gasteiger partial charge on any atom is 0.316 e. The summed E-state index contributed by atoms with van der Waals surface area (Å²) < 4.78 is 66.4. The van der Waals surface area contributed by atoms with Gasteiger partial charge in [-0.25, -0.2) is 22.0 Å². The lowest BCUT2D eigenvalue weighted by atomic mass is 9.76. The molecule has 6 N–H and O–H groups in total. The molecule has 15 nitrogen and oxygen atoms in total. The molecular formula is C40H57ClN4O11S2. The Morgan fingerprint density at radius 3 is 2.34 bits per heavy atom. The molecule has 322 valence electrons. The highest BCUT2D eigenvalue weighted by molar-refractivity contribution is 7.90. The fraction of sp³-hybridized carbons (Fsp3) is 0.625. The standard InChI is InChI=1S/C29H41NO7.C11H16ClN3O4S2/c1-35-15-16-36-19-23(27(33)37-25-12-9-20-5-4-6-22(20)17-25)18-29(13-2-3-14-29)28(34)30-24-10-7-21(8-11-24)26(31)32;1-6(2)3-11-14-8-4-7(12)9(20(13,16)17)5-10(8)21(18,19)15-11/h9,12,17,21,23-24H,2-8,10-11,13-16,18-19H2,1H3,(H,30,34)(H,31,32);4-6,11,14-15H,3H2,1-2H3,(H2,13,16,17)/t21?,23-,24?;/m0./s1. The summed E-state index contributed by atoms with van der Waals surface area (Å²) in [4.78, 5) is 37.7. The number of hydrogen-bond donors (Lipinski definition) is 5. The SMILES string of the molecule is CC(C)CC1Nc2cc(Cl)c(S(N)(=O)=O)cc2S(=O)(=O)N1.COCCOC[C@H](CC1(C(=O)NC2CCC(C(=O)O)CC2)CCCC1)C(=O)Oc1ccc2c(c1)CCC2. The number of benzene rings is 2. The van der Waals surface area contributed by atoms with Gasteiger partial charge in [-0.1, -0.05) is 44.4 Å². The van der Waals surface area contributed by atoms with Crippen LogP contribution in [0.5, 0.6) is 5.75 Å². The average molecular weight is 869 g/mol. The van der Waals surface area contributed by atoms with Crippen molar-refractivity contribution in [3.05, 3.63) is 46.5 Å². The van der Waals surface area contributed by atoms with Gasteiger partial charge in [0.05, 0.1) is 53.9 Å². The minimum Gasteiger partial charge on any atom is -0.481 e. The minimum absolute atomic E-state index is 0.0176. The minimum atomic E-state index is -4.10. The Morgan fingerprint density at radius 2 is 1.71 bits per heavy atom. The van der Waals surface area contributed by atoms with Crippen LogP contribution in [-0.4, -0.2) is 78.9 Å².